The Balaban J connectivity index is 1.99. The highest BCUT2D eigenvalue weighted by molar-refractivity contribution is 6.32. The minimum Gasteiger partial charge on any atom is -0.449 e. The summed E-state index contributed by atoms with van der Waals surface area (Å²) in [6, 6.07) is 18.2. The van der Waals surface area contributed by atoms with Crippen LogP contribution in [0.25, 0.3) is 0 Å². The van der Waals surface area contributed by atoms with Gasteiger partial charge in [0.25, 0.3) is 5.91 Å². The smallest absolute Gasteiger partial charge is 0.417 e. The lowest BCUT2D eigenvalue weighted by Gasteiger charge is -2.40. The Hall–Kier alpha value is -3.48. The lowest BCUT2D eigenvalue weighted by molar-refractivity contribution is -0.135. The predicted molar refractivity (Wildman–Crippen MR) is 112 cm³/mol. The third-order valence-electron chi connectivity index (χ3n) is 5.70. The Morgan fingerprint density at radius 1 is 1.03 bits per heavy atom. The molecule has 7 heteroatoms. The molecule has 154 valence electrons. The predicted octanol–water partition coefficient (Wildman–Crippen LogP) is 3.59. The number of para-hydroxylation sites is 1. The third-order valence-corrected chi connectivity index (χ3v) is 5.70. The second-order valence-electron chi connectivity index (χ2n) is 7.97. The molecule has 1 saturated heterocycles. The van der Waals surface area contributed by atoms with Crippen molar-refractivity contribution in [2.45, 2.75) is 32.7 Å². The molecule has 0 saturated carbocycles. The molecule has 1 atom stereocenters. The fourth-order valence-electron chi connectivity index (χ4n) is 4.39. The fraction of sp³-hybridized carbons (Fsp3) is 0.304. The summed E-state index contributed by atoms with van der Waals surface area (Å²) in [5.41, 5.74) is -0.909. The van der Waals surface area contributed by atoms with E-state index in [0.29, 0.717) is 17.0 Å². The summed E-state index contributed by atoms with van der Waals surface area (Å²) in [5.74, 6) is -0.901. The normalized spacial score (nSPS) is 22.6. The van der Waals surface area contributed by atoms with Gasteiger partial charge in [-0.25, -0.2) is 9.69 Å². The number of hydrazone groups is 1. The molecular formula is C23H23N3O4. The van der Waals surface area contributed by atoms with Gasteiger partial charge < -0.3 is 4.74 Å². The van der Waals surface area contributed by atoms with Crippen LogP contribution < -0.4 is 5.01 Å². The second kappa shape index (κ2) is 7.09. The van der Waals surface area contributed by atoms with Crippen molar-refractivity contribution in [3.8, 4) is 0 Å². The third kappa shape index (κ3) is 2.65. The number of carbonyl (C=O) groups is 3. The number of benzene rings is 2. The zero-order valence-electron chi connectivity index (χ0n) is 17.2. The molecule has 4 rings (SSSR count). The zero-order chi connectivity index (χ0) is 21.5. The van der Waals surface area contributed by atoms with Crippen molar-refractivity contribution < 1.29 is 19.1 Å². The Bertz CT molecular complexity index is 1030. The van der Waals surface area contributed by atoms with E-state index in [4.69, 9.17) is 4.74 Å². The maximum atomic E-state index is 14.0. The molecular weight excluding hydrogens is 382 g/mol. The number of ether oxygens (including phenoxy) is 1. The quantitative estimate of drug-likeness (QED) is 0.782. The summed E-state index contributed by atoms with van der Waals surface area (Å²) in [5, 5.41) is 5.95. The van der Waals surface area contributed by atoms with Crippen LogP contribution >= 0.6 is 0 Å². The van der Waals surface area contributed by atoms with E-state index in [2.05, 4.69) is 5.10 Å². The van der Waals surface area contributed by atoms with Gasteiger partial charge in [0.05, 0.1) is 12.3 Å². The zero-order valence-corrected chi connectivity index (χ0v) is 17.2. The molecule has 0 unspecified atom stereocenters. The molecule has 2 aromatic carbocycles. The lowest BCUT2D eigenvalue weighted by atomic mass is 9.68. The van der Waals surface area contributed by atoms with E-state index in [1.807, 2.05) is 50.2 Å². The molecule has 0 radical (unpaired) electrons. The number of likely N-dealkylation sites (tertiary alicyclic amines) is 1. The number of nitrogens with zero attached hydrogens (tertiary/aromatic N) is 3. The van der Waals surface area contributed by atoms with Crippen LogP contribution in [0.15, 0.2) is 65.8 Å². The molecule has 0 aliphatic carbocycles. The number of rotatable bonds is 3. The lowest BCUT2D eigenvalue weighted by Crippen LogP contribution is -2.65. The molecule has 2 aliphatic rings. The van der Waals surface area contributed by atoms with Gasteiger partial charge in [-0.15, -0.1) is 0 Å². The molecule has 0 N–H and O–H groups in total. The van der Waals surface area contributed by atoms with Crippen molar-refractivity contribution >= 4 is 29.3 Å². The summed E-state index contributed by atoms with van der Waals surface area (Å²) in [6.07, 6.45) is -0.813. The largest absolute Gasteiger partial charge is 0.449 e. The van der Waals surface area contributed by atoms with Crippen LogP contribution in [0.2, 0.25) is 0 Å². The van der Waals surface area contributed by atoms with Gasteiger partial charge in [-0.2, -0.15) is 10.1 Å². The SMILES string of the molecule is CCOC(=O)N1C(=O)CC(C)(C)[C@@]12C(=O)N(c1ccccc1)N=C2c1ccccc1. The summed E-state index contributed by atoms with van der Waals surface area (Å²) < 4.78 is 5.19. The van der Waals surface area contributed by atoms with Crippen LogP contribution in [-0.2, 0) is 14.3 Å². The van der Waals surface area contributed by atoms with E-state index < -0.39 is 28.9 Å². The number of imide groups is 1. The van der Waals surface area contributed by atoms with Gasteiger partial charge in [0.1, 0.15) is 5.71 Å². The first-order valence-corrected chi connectivity index (χ1v) is 9.88. The molecule has 3 amide bonds. The summed E-state index contributed by atoms with van der Waals surface area (Å²) in [6.45, 7) is 5.38. The Morgan fingerprint density at radius 3 is 2.23 bits per heavy atom. The van der Waals surface area contributed by atoms with Crippen molar-refractivity contribution in [2.75, 3.05) is 11.6 Å². The molecule has 2 aliphatic heterocycles. The number of amides is 3. The topological polar surface area (TPSA) is 79.3 Å². The van der Waals surface area contributed by atoms with Gasteiger partial charge in [-0.05, 0) is 19.1 Å². The Kier molecular flexibility index (Phi) is 4.68. The van der Waals surface area contributed by atoms with E-state index >= 15 is 0 Å². The second-order valence-corrected chi connectivity index (χ2v) is 7.97. The number of carbonyl (C=O) groups excluding carboxylic acids is 3. The summed E-state index contributed by atoms with van der Waals surface area (Å²) >= 11 is 0. The van der Waals surface area contributed by atoms with Crippen LogP contribution in [-0.4, -0.2) is 40.7 Å². The van der Waals surface area contributed by atoms with Crippen molar-refractivity contribution in [3.05, 3.63) is 66.2 Å². The number of hydrogen-bond donors (Lipinski definition) is 0. The molecule has 2 heterocycles. The standard InChI is InChI=1S/C23H23N3O4/c1-4-30-21(29)25-18(27)15-22(2,3)23(25)19(16-11-7-5-8-12-16)24-26(20(23)28)17-13-9-6-10-14-17/h5-14H,4,15H2,1-3H3/t23-/m1/s1. The Morgan fingerprint density at radius 2 is 1.63 bits per heavy atom. The van der Waals surface area contributed by atoms with Crippen molar-refractivity contribution in [1.29, 1.82) is 0 Å². The highest BCUT2D eigenvalue weighted by atomic mass is 16.6. The molecule has 7 nitrogen and oxygen atoms in total. The van der Waals surface area contributed by atoms with Crippen LogP contribution in [0.4, 0.5) is 10.5 Å². The highest BCUT2D eigenvalue weighted by Crippen LogP contribution is 2.52. The van der Waals surface area contributed by atoms with Crippen LogP contribution in [0.1, 0.15) is 32.8 Å². The monoisotopic (exact) mass is 405 g/mol. The maximum absolute atomic E-state index is 14.0. The molecule has 30 heavy (non-hydrogen) atoms. The number of anilines is 1. The Labute approximate surface area is 174 Å². The minimum absolute atomic E-state index is 0.0199. The first kappa shape index (κ1) is 19.8. The first-order chi connectivity index (χ1) is 14.3. The molecule has 0 bridgehead atoms. The van der Waals surface area contributed by atoms with Crippen LogP contribution in [0.3, 0.4) is 0 Å². The van der Waals surface area contributed by atoms with Gasteiger partial charge in [-0.1, -0.05) is 62.4 Å². The van der Waals surface area contributed by atoms with Crippen molar-refractivity contribution in [1.82, 2.24) is 4.90 Å². The summed E-state index contributed by atoms with van der Waals surface area (Å²) in [4.78, 5) is 40.9. The van der Waals surface area contributed by atoms with E-state index in [1.165, 1.54) is 5.01 Å². The summed E-state index contributed by atoms with van der Waals surface area (Å²) in [7, 11) is 0. The van der Waals surface area contributed by atoms with Gasteiger partial charge >= 0.3 is 6.09 Å². The van der Waals surface area contributed by atoms with Crippen LogP contribution in [0, 0.1) is 5.41 Å². The highest BCUT2D eigenvalue weighted by Gasteiger charge is 2.71. The molecule has 1 spiro atoms. The van der Waals surface area contributed by atoms with Gasteiger partial charge in [-0.3, -0.25) is 9.59 Å². The molecule has 0 aromatic heterocycles. The number of hydrogen-bond acceptors (Lipinski definition) is 5. The van der Waals surface area contributed by atoms with Gasteiger partial charge in [0, 0.05) is 17.4 Å². The first-order valence-electron chi connectivity index (χ1n) is 9.88. The van der Waals surface area contributed by atoms with Gasteiger partial charge in [0.15, 0.2) is 5.54 Å². The van der Waals surface area contributed by atoms with E-state index in [0.717, 1.165) is 4.90 Å². The van der Waals surface area contributed by atoms with E-state index in [1.54, 1.807) is 31.2 Å². The average molecular weight is 405 g/mol. The fourth-order valence-corrected chi connectivity index (χ4v) is 4.39. The van der Waals surface area contributed by atoms with Crippen molar-refractivity contribution in [3.63, 3.8) is 0 Å². The van der Waals surface area contributed by atoms with E-state index in [-0.39, 0.29) is 13.0 Å². The molecule has 1 fully saturated rings. The minimum atomic E-state index is -1.60. The average Bonchev–Trinajstić information content (AvgIpc) is 3.15. The van der Waals surface area contributed by atoms with Crippen LogP contribution in [0.5, 0.6) is 0 Å². The van der Waals surface area contributed by atoms with Gasteiger partial charge in [0.2, 0.25) is 5.91 Å². The van der Waals surface area contributed by atoms with E-state index in [9.17, 15) is 14.4 Å². The molecule has 2 aromatic rings. The van der Waals surface area contributed by atoms with Crippen molar-refractivity contribution in [2.24, 2.45) is 10.5 Å². The maximum Gasteiger partial charge on any atom is 0.417 e.